The van der Waals surface area contributed by atoms with Gasteiger partial charge in [-0.25, -0.2) is 4.99 Å². The number of nitrogens with one attached hydrogen (secondary N) is 1. The largest absolute Gasteiger partial charge is 0.396 e. The number of rotatable bonds is 4. The van der Waals surface area contributed by atoms with Gasteiger partial charge < -0.3 is 15.3 Å². The molecular formula is C19H30N4OS. The van der Waals surface area contributed by atoms with E-state index >= 15 is 0 Å². The molecule has 4 atom stereocenters. The highest BCUT2D eigenvalue weighted by atomic mass is 32.2. The minimum atomic E-state index is 0.303. The first-order valence-electron chi connectivity index (χ1n) is 9.68. The highest BCUT2D eigenvalue weighted by molar-refractivity contribution is 8.15. The summed E-state index contributed by atoms with van der Waals surface area (Å²) < 4.78 is 0. The number of nitrogens with zero attached hydrogens (tertiary/aromatic N) is 3. The molecule has 4 rings (SSSR count). The topological polar surface area (TPSA) is 60.2 Å². The van der Waals surface area contributed by atoms with Crippen molar-refractivity contribution >= 4 is 22.6 Å². The lowest BCUT2D eigenvalue weighted by Crippen LogP contribution is -2.47. The van der Waals surface area contributed by atoms with Crippen LogP contribution in [0.15, 0.2) is 22.8 Å². The lowest BCUT2D eigenvalue weighted by atomic mass is 9.82. The van der Waals surface area contributed by atoms with Crippen molar-refractivity contribution in [3.63, 3.8) is 0 Å². The van der Waals surface area contributed by atoms with Crippen molar-refractivity contribution in [2.45, 2.75) is 55.9 Å². The maximum atomic E-state index is 9.79. The van der Waals surface area contributed by atoms with Crippen LogP contribution >= 0.6 is 11.8 Å². The van der Waals surface area contributed by atoms with Crippen molar-refractivity contribution in [3.8, 4) is 0 Å². The molecular weight excluding hydrogens is 332 g/mol. The van der Waals surface area contributed by atoms with Crippen molar-refractivity contribution in [1.82, 2.24) is 10.2 Å². The van der Waals surface area contributed by atoms with E-state index in [1.807, 2.05) is 18.0 Å². The van der Waals surface area contributed by atoms with Gasteiger partial charge >= 0.3 is 0 Å². The first-order valence-corrected chi connectivity index (χ1v) is 10.6. The molecule has 4 aliphatic rings. The van der Waals surface area contributed by atoms with Gasteiger partial charge in [0.2, 0.25) is 0 Å². The van der Waals surface area contributed by atoms with E-state index in [1.165, 1.54) is 37.1 Å². The maximum Gasteiger partial charge on any atom is 0.132 e. The Labute approximate surface area is 155 Å². The molecule has 0 radical (unpaired) electrons. The summed E-state index contributed by atoms with van der Waals surface area (Å²) in [4.78, 5) is 11.7. The maximum absolute atomic E-state index is 9.79. The predicted octanol–water partition coefficient (Wildman–Crippen LogP) is 2.48. The zero-order valence-corrected chi connectivity index (χ0v) is 15.9. The summed E-state index contributed by atoms with van der Waals surface area (Å²) in [5, 5.41) is 15.5. The van der Waals surface area contributed by atoms with Crippen LogP contribution in [-0.4, -0.2) is 58.5 Å². The van der Waals surface area contributed by atoms with Gasteiger partial charge in [0.15, 0.2) is 0 Å². The first-order chi connectivity index (χ1) is 12.2. The van der Waals surface area contributed by atoms with Gasteiger partial charge in [0.05, 0.1) is 11.0 Å². The number of fused-ring (bicyclic) bond motifs is 3. The SMILES string of the molecule is C=CN(C)C1CCC(NC2=NCN=C3SC4CCC(CO)C4C23)CC1. The molecule has 5 nitrogen and oxygen atoms in total. The number of aliphatic hydroxyl groups is 1. The Balaban J connectivity index is 1.41. The van der Waals surface area contributed by atoms with Crippen LogP contribution in [0.4, 0.5) is 0 Å². The highest BCUT2D eigenvalue weighted by Gasteiger charge is 2.51. The molecule has 2 aliphatic carbocycles. The average molecular weight is 363 g/mol. The second-order valence-corrected chi connectivity index (χ2v) is 9.17. The Morgan fingerprint density at radius 3 is 2.76 bits per heavy atom. The van der Waals surface area contributed by atoms with Crippen molar-refractivity contribution < 1.29 is 5.11 Å². The molecule has 2 saturated carbocycles. The fourth-order valence-electron chi connectivity index (χ4n) is 5.13. The van der Waals surface area contributed by atoms with E-state index in [4.69, 9.17) is 4.99 Å². The van der Waals surface area contributed by atoms with Crippen molar-refractivity contribution in [1.29, 1.82) is 0 Å². The average Bonchev–Trinajstić information content (AvgIpc) is 3.20. The van der Waals surface area contributed by atoms with Gasteiger partial charge in [0, 0.05) is 31.0 Å². The van der Waals surface area contributed by atoms with Crippen LogP contribution < -0.4 is 5.32 Å². The van der Waals surface area contributed by atoms with Crippen LogP contribution in [0.5, 0.6) is 0 Å². The minimum absolute atomic E-state index is 0.303. The van der Waals surface area contributed by atoms with Gasteiger partial charge in [-0.15, -0.1) is 11.8 Å². The van der Waals surface area contributed by atoms with Crippen molar-refractivity contribution in [2.24, 2.45) is 27.7 Å². The van der Waals surface area contributed by atoms with E-state index in [-0.39, 0.29) is 0 Å². The number of hydrogen-bond acceptors (Lipinski definition) is 6. The number of thioether (sulfide) groups is 1. The van der Waals surface area contributed by atoms with Gasteiger partial charge in [0.1, 0.15) is 12.5 Å². The van der Waals surface area contributed by atoms with Gasteiger partial charge in [-0.3, -0.25) is 4.99 Å². The molecule has 2 N–H and O–H groups in total. The van der Waals surface area contributed by atoms with E-state index in [2.05, 4.69) is 28.8 Å². The minimum Gasteiger partial charge on any atom is -0.396 e. The molecule has 25 heavy (non-hydrogen) atoms. The summed E-state index contributed by atoms with van der Waals surface area (Å²) in [6.07, 6.45) is 9.09. The summed E-state index contributed by atoms with van der Waals surface area (Å²) in [7, 11) is 2.13. The Morgan fingerprint density at radius 1 is 1.24 bits per heavy atom. The standard InChI is InChI=1S/C19H30N4OS/c1-3-23(2)14-7-5-13(6-8-14)22-18-17-16-12(10-24)4-9-15(16)25-19(17)21-11-20-18/h3,12-17,24H,1,4-11H2,2H3,(H,20,22). The Kier molecular flexibility index (Phi) is 5.09. The monoisotopic (exact) mass is 362 g/mol. The Hall–Kier alpha value is -1.01. The van der Waals surface area contributed by atoms with Crippen LogP contribution in [0, 0.1) is 17.8 Å². The molecule has 1 saturated heterocycles. The molecule has 2 heterocycles. The normalized spacial score (nSPS) is 39.9. The predicted molar refractivity (Wildman–Crippen MR) is 105 cm³/mol. The Morgan fingerprint density at radius 2 is 2.04 bits per heavy atom. The van der Waals surface area contributed by atoms with Crippen molar-refractivity contribution in [3.05, 3.63) is 12.8 Å². The van der Waals surface area contributed by atoms with E-state index in [0.29, 0.717) is 48.4 Å². The molecule has 0 spiro atoms. The molecule has 138 valence electrons. The third-order valence-electron chi connectivity index (χ3n) is 6.63. The van der Waals surface area contributed by atoms with E-state index < -0.39 is 0 Å². The van der Waals surface area contributed by atoms with Gasteiger partial charge in [0.25, 0.3) is 0 Å². The number of aliphatic imine (C=N–C) groups is 2. The van der Waals surface area contributed by atoms with Crippen LogP contribution in [0.3, 0.4) is 0 Å². The highest BCUT2D eigenvalue weighted by Crippen LogP contribution is 2.52. The molecule has 0 aromatic carbocycles. The number of aliphatic hydroxyl groups excluding tert-OH is 1. The molecule has 3 fully saturated rings. The lowest BCUT2D eigenvalue weighted by molar-refractivity contribution is 0.190. The molecule has 6 heteroatoms. The summed E-state index contributed by atoms with van der Waals surface area (Å²) >= 11 is 1.96. The van der Waals surface area contributed by atoms with Crippen LogP contribution in [-0.2, 0) is 0 Å². The van der Waals surface area contributed by atoms with Gasteiger partial charge in [-0.05, 0) is 56.6 Å². The lowest BCUT2D eigenvalue weighted by Gasteiger charge is -2.36. The Bertz CT molecular complexity index is 570. The summed E-state index contributed by atoms with van der Waals surface area (Å²) in [5.41, 5.74) is 0. The van der Waals surface area contributed by atoms with E-state index in [1.54, 1.807) is 0 Å². The van der Waals surface area contributed by atoms with E-state index in [0.717, 1.165) is 12.3 Å². The van der Waals surface area contributed by atoms with Crippen LogP contribution in [0.25, 0.3) is 0 Å². The summed E-state index contributed by atoms with van der Waals surface area (Å²) in [6, 6.07) is 1.14. The molecule has 0 aromatic heterocycles. The smallest absolute Gasteiger partial charge is 0.132 e. The molecule has 0 aromatic rings. The van der Waals surface area contributed by atoms with E-state index in [9.17, 15) is 5.11 Å². The molecule has 2 aliphatic heterocycles. The summed E-state index contributed by atoms with van der Waals surface area (Å²) in [5.74, 6) is 2.41. The first kappa shape index (κ1) is 17.4. The molecule has 4 unspecified atom stereocenters. The van der Waals surface area contributed by atoms with Crippen LogP contribution in [0.1, 0.15) is 38.5 Å². The van der Waals surface area contributed by atoms with Crippen molar-refractivity contribution in [2.75, 3.05) is 20.3 Å². The van der Waals surface area contributed by atoms with Gasteiger partial charge in [-0.2, -0.15) is 0 Å². The fourth-order valence-corrected chi connectivity index (χ4v) is 6.78. The molecule has 0 bridgehead atoms. The zero-order valence-electron chi connectivity index (χ0n) is 15.1. The number of amidine groups is 1. The summed E-state index contributed by atoms with van der Waals surface area (Å²) in [6.45, 7) is 4.76. The molecule has 0 amide bonds. The quantitative estimate of drug-likeness (QED) is 0.807. The number of hydrogen-bond donors (Lipinski definition) is 2. The zero-order chi connectivity index (χ0) is 17.4. The third kappa shape index (κ3) is 3.23. The van der Waals surface area contributed by atoms with Crippen LogP contribution in [0.2, 0.25) is 0 Å². The second-order valence-electron chi connectivity index (χ2n) is 7.91. The second kappa shape index (κ2) is 7.31. The fraction of sp³-hybridized carbons (Fsp3) is 0.789. The van der Waals surface area contributed by atoms with Gasteiger partial charge in [-0.1, -0.05) is 6.58 Å². The third-order valence-corrected chi connectivity index (χ3v) is 8.11.